The van der Waals surface area contributed by atoms with Gasteiger partial charge in [0.1, 0.15) is 11.6 Å². The molecule has 1 N–H and O–H groups in total. The first kappa shape index (κ1) is 24.1. The van der Waals surface area contributed by atoms with E-state index in [4.69, 9.17) is 27.9 Å². The third kappa shape index (κ3) is 6.47. The Balaban J connectivity index is 1.77. The lowest BCUT2D eigenvalue weighted by atomic mass is 9.86. The summed E-state index contributed by atoms with van der Waals surface area (Å²) < 4.78 is 19.4. The maximum atomic E-state index is 13.5. The SMILES string of the molecule is C[C@@H](NC(=O)C(C)(C)Oc1ccc(Cl)cc1)[C@H](Cc1ccc(Cl)cc1)c1ccc(F)cc1. The third-order valence-electron chi connectivity index (χ3n) is 5.36. The van der Waals surface area contributed by atoms with Gasteiger partial charge in [0, 0.05) is 22.0 Å². The summed E-state index contributed by atoms with van der Waals surface area (Å²) in [4.78, 5) is 13.1. The molecular weight excluding hydrogens is 448 g/mol. The topological polar surface area (TPSA) is 38.3 Å². The summed E-state index contributed by atoms with van der Waals surface area (Å²) in [5, 5.41) is 4.34. The van der Waals surface area contributed by atoms with Crippen molar-refractivity contribution in [1.29, 1.82) is 0 Å². The molecule has 0 fully saturated rings. The molecule has 3 nitrogen and oxygen atoms in total. The van der Waals surface area contributed by atoms with Crippen LogP contribution in [0.25, 0.3) is 0 Å². The quantitative estimate of drug-likeness (QED) is 0.389. The zero-order valence-corrected chi connectivity index (χ0v) is 19.8. The van der Waals surface area contributed by atoms with Gasteiger partial charge in [-0.05, 0) is 86.8 Å². The van der Waals surface area contributed by atoms with Gasteiger partial charge in [0.25, 0.3) is 5.91 Å². The van der Waals surface area contributed by atoms with Crippen molar-refractivity contribution < 1.29 is 13.9 Å². The molecule has 6 heteroatoms. The minimum absolute atomic E-state index is 0.0768. The van der Waals surface area contributed by atoms with Crippen LogP contribution in [-0.2, 0) is 11.2 Å². The molecule has 0 heterocycles. The van der Waals surface area contributed by atoms with Crippen LogP contribution in [0.4, 0.5) is 4.39 Å². The zero-order valence-electron chi connectivity index (χ0n) is 18.2. The van der Waals surface area contributed by atoms with Gasteiger partial charge < -0.3 is 10.1 Å². The van der Waals surface area contributed by atoms with Crippen LogP contribution in [0.3, 0.4) is 0 Å². The van der Waals surface area contributed by atoms with E-state index >= 15 is 0 Å². The molecule has 0 bridgehead atoms. The van der Waals surface area contributed by atoms with Gasteiger partial charge in [-0.3, -0.25) is 4.79 Å². The maximum absolute atomic E-state index is 13.5. The van der Waals surface area contributed by atoms with E-state index in [0.29, 0.717) is 22.2 Å². The Hall–Kier alpha value is -2.56. The lowest BCUT2D eigenvalue weighted by Gasteiger charge is -2.31. The minimum Gasteiger partial charge on any atom is -0.478 e. The molecule has 3 aromatic carbocycles. The molecule has 0 saturated carbocycles. The van der Waals surface area contributed by atoms with Crippen LogP contribution in [0.1, 0.15) is 37.8 Å². The first-order valence-electron chi connectivity index (χ1n) is 10.4. The van der Waals surface area contributed by atoms with Gasteiger partial charge in [0.15, 0.2) is 5.60 Å². The Labute approximate surface area is 198 Å². The van der Waals surface area contributed by atoms with Crippen LogP contribution in [0, 0.1) is 5.82 Å². The number of carbonyl (C=O) groups excluding carboxylic acids is 1. The fourth-order valence-corrected chi connectivity index (χ4v) is 3.74. The predicted octanol–water partition coefficient (Wildman–Crippen LogP) is 6.82. The van der Waals surface area contributed by atoms with Crippen LogP contribution >= 0.6 is 23.2 Å². The highest BCUT2D eigenvalue weighted by molar-refractivity contribution is 6.30. The molecule has 0 aromatic heterocycles. The van der Waals surface area contributed by atoms with Crippen LogP contribution in [0.15, 0.2) is 72.8 Å². The zero-order chi connectivity index (χ0) is 23.3. The second-order valence-electron chi connectivity index (χ2n) is 8.32. The summed E-state index contributed by atoms with van der Waals surface area (Å²) >= 11 is 11.9. The average Bonchev–Trinajstić information content (AvgIpc) is 2.75. The van der Waals surface area contributed by atoms with Crippen molar-refractivity contribution in [1.82, 2.24) is 5.32 Å². The Morgan fingerprint density at radius 3 is 2.03 bits per heavy atom. The Bertz CT molecular complexity index is 1030. The first-order chi connectivity index (χ1) is 15.1. The molecule has 3 aromatic rings. The fraction of sp³-hybridized carbons (Fsp3) is 0.269. The van der Waals surface area contributed by atoms with Crippen LogP contribution in [-0.4, -0.2) is 17.6 Å². The van der Waals surface area contributed by atoms with Gasteiger partial charge in [-0.2, -0.15) is 0 Å². The molecule has 0 saturated heterocycles. The molecule has 1 amide bonds. The molecule has 0 aliphatic heterocycles. The number of hydrogen-bond acceptors (Lipinski definition) is 2. The van der Waals surface area contributed by atoms with Crippen LogP contribution < -0.4 is 10.1 Å². The van der Waals surface area contributed by atoms with Crippen molar-refractivity contribution in [3.8, 4) is 5.75 Å². The maximum Gasteiger partial charge on any atom is 0.263 e. The lowest BCUT2D eigenvalue weighted by Crippen LogP contribution is -2.51. The molecule has 0 radical (unpaired) electrons. The van der Waals surface area contributed by atoms with E-state index in [0.717, 1.165) is 11.1 Å². The summed E-state index contributed by atoms with van der Waals surface area (Å²) in [7, 11) is 0. The number of carbonyl (C=O) groups is 1. The van der Waals surface area contributed by atoms with Crippen LogP contribution in [0.5, 0.6) is 5.75 Å². The third-order valence-corrected chi connectivity index (χ3v) is 5.87. The van der Waals surface area contributed by atoms with E-state index < -0.39 is 5.60 Å². The molecule has 0 aliphatic carbocycles. The standard InChI is InChI=1S/C26H26Cl2FNO2/c1-17(30-25(31)26(2,3)32-23-14-10-21(28)11-15-23)24(19-6-12-22(29)13-7-19)16-18-4-8-20(27)9-5-18/h4-15,17,24H,16H2,1-3H3,(H,30,31)/t17-,24+/m1/s1. The summed E-state index contributed by atoms with van der Waals surface area (Å²) in [6, 6.07) is 20.6. The molecular formula is C26H26Cl2FNO2. The van der Waals surface area contributed by atoms with E-state index in [9.17, 15) is 9.18 Å². The van der Waals surface area contributed by atoms with E-state index in [1.54, 1.807) is 50.2 Å². The van der Waals surface area contributed by atoms with Crippen molar-refractivity contribution in [2.45, 2.75) is 44.8 Å². The number of nitrogens with one attached hydrogen (secondary N) is 1. The number of rotatable bonds is 8. The van der Waals surface area contributed by atoms with Gasteiger partial charge in [-0.1, -0.05) is 47.5 Å². The van der Waals surface area contributed by atoms with Gasteiger partial charge in [-0.15, -0.1) is 0 Å². The van der Waals surface area contributed by atoms with Crippen molar-refractivity contribution in [3.63, 3.8) is 0 Å². The summed E-state index contributed by atoms with van der Waals surface area (Å²) in [5.74, 6) is -0.0677. The first-order valence-corrected chi connectivity index (χ1v) is 11.1. The fourth-order valence-electron chi connectivity index (χ4n) is 3.49. The number of ether oxygens (including phenoxy) is 1. The summed E-state index contributed by atoms with van der Waals surface area (Å²) in [6.45, 7) is 5.38. The number of benzene rings is 3. The van der Waals surface area contributed by atoms with Crippen molar-refractivity contribution in [2.75, 3.05) is 0 Å². The molecule has 2 atom stereocenters. The number of halogens is 3. The van der Waals surface area contributed by atoms with E-state index in [1.807, 2.05) is 31.2 Å². The Morgan fingerprint density at radius 2 is 1.47 bits per heavy atom. The Morgan fingerprint density at radius 1 is 0.938 bits per heavy atom. The van der Waals surface area contributed by atoms with E-state index in [1.165, 1.54) is 12.1 Å². The minimum atomic E-state index is -1.10. The molecule has 3 rings (SSSR count). The van der Waals surface area contributed by atoms with Crippen molar-refractivity contribution >= 4 is 29.1 Å². The van der Waals surface area contributed by atoms with Crippen LogP contribution in [0.2, 0.25) is 10.0 Å². The van der Waals surface area contributed by atoms with E-state index in [2.05, 4.69) is 5.32 Å². The molecule has 0 unspecified atom stereocenters. The Kier molecular flexibility index (Phi) is 7.81. The van der Waals surface area contributed by atoms with Gasteiger partial charge in [0.05, 0.1) is 0 Å². The summed E-state index contributed by atoms with van der Waals surface area (Å²) in [6.07, 6.45) is 0.655. The molecule has 168 valence electrons. The number of hydrogen-bond donors (Lipinski definition) is 1. The van der Waals surface area contributed by atoms with Gasteiger partial charge in [0.2, 0.25) is 0 Å². The molecule has 32 heavy (non-hydrogen) atoms. The van der Waals surface area contributed by atoms with Crippen molar-refractivity contribution in [2.24, 2.45) is 0 Å². The highest BCUT2D eigenvalue weighted by Gasteiger charge is 2.33. The lowest BCUT2D eigenvalue weighted by molar-refractivity contribution is -0.135. The normalized spacial score (nSPS) is 13.3. The average molecular weight is 474 g/mol. The van der Waals surface area contributed by atoms with Gasteiger partial charge >= 0.3 is 0 Å². The highest BCUT2D eigenvalue weighted by Crippen LogP contribution is 2.27. The second kappa shape index (κ2) is 10.4. The van der Waals surface area contributed by atoms with Crippen molar-refractivity contribution in [3.05, 3.63) is 99.8 Å². The number of amides is 1. The van der Waals surface area contributed by atoms with Gasteiger partial charge in [-0.25, -0.2) is 4.39 Å². The molecule has 0 aliphatic rings. The molecule has 0 spiro atoms. The monoisotopic (exact) mass is 473 g/mol. The van der Waals surface area contributed by atoms with E-state index in [-0.39, 0.29) is 23.7 Å². The smallest absolute Gasteiger partial charge is 0.263 e. The second-order valence-corrected chi connectivity index (χ2v) is 9.19. The highest BCUT2D eigenvalue weighted by atomic mass is 35.5. The largest absolute Gasteiger partial charge is 0.478 e. The summed E-state index contributed by atoms with van der Waals surface area (Å²) in [5.41, 5.74) is 0.905. The predicted molar refractivity (Wildman–Crippen MR) is 128 cm³/mol.